The lowest BCUT2D eigenvalue weighted by Gasteiger charge is -2.35. The quantitative estimate of drug-likeness (QED) is 0.489. The molecule has 2 aliphatic rings. The van der Waals surface area contributed by atoms with Crippen LogP contribution in [0.15, 0.2) is 42.5 Å². The lowest BCUT2D eigenvalue weighted by atomic mass is 9.97. The fraction of sp³-hybridized carbons (Fsp3) is 0.464. The standard InChI is InChI=1S/C28H34N2O3S/c1-32-25-15-21-9-13-30(28(31)17-23(21)16-26(25)33-2)19-20-6-5-11-29(18-20)12-10-24-14-22-7-3-4-8-27(22)34-24/h3-4,7-8,14-16,20H,5-6,9-13,17-19H2,1-2H3. The summed E-state index contributed by atoms with van der Waals surface area (Å²) in [7, 11) is 3.30. The number of rotatable bonds is 7. The molecule has 2 aromatic carbocycles. The Labute approximate surface area is 206 Å². The predicted molar refractivity (Wildman–Crippen MR) is 138 cm³/mol. The van der Waals surface area contributed by atoms with Crippen LogP contribution >= 0.6 is 11.3 Å². The van der Waals surface area contributed by atoms with Gasteiger partial charge in [0.2, 0.25) is 5.91 Å². The summed E-state index contributed by atoms with van der Waals surface area (Å²) >= 11 is 1.92. The molecule has 3 heterocycles. The second-order valence-corrected chi connectivity index (χ2v) is 10.7. The molecule has 0 saturated carbocycles. The van der Waals surface area contributed by atoms with E-state index in [1.165, 1.54) is 39.9 Å². The van der Waals surface area contributed by atoms with E-state index in [0.29, 0.717) is 18.1 Å². The van der Waals surface area contributed by atoms with Gasteiger partial charge in [0.1, 0.15) is 0 Å². The first-order chi connectivity index (χ1) is 16.6. The highest BCUT2D eigenvalue weighted by Crippen LogP contribution is 2.33. The van der Waals surface area contributed by atoms with Gasteiger partial charge in [-0.2, -0.15) is 0 Å². The summed E-state index contributed by atoms with van der Waals surface area (Å²) in [6.45, 7) is 4.99. The number of carbonyl (C=O) groups is 1. The van der Waals surface area contributed by atoms with E-state index in [-0.39, 0.29) is 5.91 Å². The molecule has 1 fully saturated rings. The van der Waals surface area contributed by atoms with E-state index >= 15 is 0 Å². The van der Waals surface area contributed by atoms with E-state index in [1.54, 1.807) is 14.2 Å². The number of nitrogens with zero attached hydrogens (tertiary/aromatic N) is 2. The number of hydrogen-bond donors (Lipinski definition) is 0. The fourth-order valence-corrected chi connectivity index (χ4v) is 6.50. The molecule has 180 valence electrons. The Morgan fingerprint density at radius 3 is 2.62 bits per heavy atom. The molecular weight excluding hydrogens is 444 g/mol. The molecule has 5 nitrogen and oxygen atoms in total. The summed E-state index contributed by atoms with van der Waals surface area (Å²) in [6, 6.07) is 15.0. The van der Waals surface area contributed by atoms with E-state index in [9.17, 15) is 4.79 Å². The van der Waals surface area contributed by atoms with Gasteiger partial charge in [-0.05, 0) is 78.9 Å². The van der Waals surface area contributed by atoms with Gasteiger partial charge in [0.25, 0.3) is 0 Å². The first-order valence-electron chi connectivity index (χ1n) is 12.3. The SMILES string of the molecule is COc1cc2c(cc1OC)CC(=O)N(CC1CCCN(CCc3cc4ccccc4s3)C1)CC2. The molecule has 2 aliphatic heterocycles. The van der Waals surface area contributed by atoms with Gasteiger partial charge in [-0.15, -0.1) is 11.3 Å². The highest BCUT2D eigenvalue weighted by Gasteiger charge is 2.27. The topological polar surface area (TPSA) is 42.0 Å². The number of ether oxygens (including phenoxy) is 2. The molecule has 1 aromatic heterocycles. The zero-order valence-corrected chi connectivity index (χ0v) is 21.0. The largest absolute Gasteiger partial charge is 0.493 e. The average molecular weight is 479 g/mol. The van der Waals surface area contributed by atoms with Gasteiger partial charge < -0.3 is 19.3 Å². The summed E-state index contributed by atoms with van der Waals surface area (Å²) in [5.41, 5.74) is 2.26. The first kappa shape index (κ1) is 23.2. The number of benzene rings is 2. The third kappa shape index (κ3) is 5.08. The number of likely N-dealkylation sites (tertiary alicyclic amines) is 1. The highest BCUT2D eigenvalue weighted by molar-refractivity contribution is 7.19. The molecule has 0 radical (unpaired) electrons. The van der Waals surface area contributed by atoms with Gasteiger partial charge in [0, 0.05) is 35.8 Å². The molecule has 5 rings (SSSR count). The van der Waals surface area contributed by atoms with Crippen LogP contribution in [0.25, 0.3) is 10.1 Å². The number of fused-ring (bicyclic) bond motifs is 2. The molecule has 0 N–H and O–H groups in total. The number of thiophene rings is 1. The lowest BCUT2D eigenvalue weighted by Crippen LogP contribution is -2.43. The van der Waals surface area contributed by atoms with Crippen molar-refractivity contribution in [3.05, 3.63) is 58.5 Å². The van der Waals surface area contributed by atoms with Crippen LogP contribution < -0.4 is 9.47 Å². The lowest BCUT2D eigenvalue weighted by molar-refractivity contribution is -0.131. The van der Waals surface area contributed by atoms with Gasteiger partial charge >= 0.3 is 0 Å². The Kier molecular flexibility index (Phi) is 7.07. The van der Waals surface area contributed by atoms with Crippen molar-refractivity contribution >= 4 is 27.3 Å². The molecule has 34 heavy (non-hydrogen) atoms. The number of carbonyl (C=O) groups excluding carboxylic acids is 1. The summed E-state index contributed by atoms with van der Waals surface area (Å²) in [6.07, 6.45) is 4.83. The van der Waals surface area contributed by atoms with Crippen LogP contribution in [0.5, 0.6) is 11.5 Å². The van der Waals surface area contributed by atoms with Crippen molar-refractivity contribution in [2.75, 3.05) is 46.9 Å². The fourth-order valence-electron chi connectivity index (χ4n) is 5.45. The van der Waals surface area contributed by atoms with Crippen LogP contribution in [0.2, 0.25) is 0 Å². The molecule has 0 bridgehead atoms. The first-order valence-corrected chi connectivity index (χ1v) is 13.2. The average Bonchev–Trinajstić information content (AvgIpc) is 3.22. The molecule has 3 aromatic rings. The molecule has 1 saturated heterocycles. The molecule has 0 aliphatic carbocycles. The summed E-state index contributed by atoms with van der Waals surface area (Å²) in [5, 5.41) is 1.36. The van der Waals surface area contributed by atoms with Gasteiger partial charge in [-0.1, -0.05) is 18.2 Å². The monoisotopic (exact) mass is 478 g/mol. The van der Waals surface area contributed by atoms with E-state index in [1.807, 2.05) is 23.5 Å². The van der Waals surface area contributed by atoms with Crippen LogP contribution in [0.3, 0.4) is 0 Å². The van der Waals surface area contributed by atoms with Crippen LogP contribution in [-0.2, 0) is 24.1 Å². The minimum Gasteiger partial charge on any atom is -0.493 e. The number of piperidine rings is 1. The molecule has 0 spiro atoms. The van der Waals surface area contributed by atoms with Crippen molar-refractivity contribution in [1.82, 2.24) is 9.80 Å². The Balaban J connectivity index is 1.18. The smallest absolute Gasteiger partial charge is 0.227 e. The molecule has 6 heteroatoms. The van der Waals surface area contributed by atoms with Crippen molar-refractivity contribution in [2.24, 2.45) is 5.92 Å². The second-order valence-electron chi connectivity index (χ2n) is 9.55. The summed E-state index contributed by atoms with van der Waals surface area (Å²) in [4.78, 5) is 19.3. The van der Waals surface area contributed by atoms with Crippen molar-refractivity contribution in [3.8, 4) is 11.5 Å². The minimum atomic E-state index is 0.230. The van der Waals surface area contributed by atoms with Gasteiger partial charge in [-0.3, -0.25) is 4.79 Å². The highest BCUT2D eigenvalue weighted by atomic mass is 32.1. The van der Waals surface area contributed by atoms with Crippen LogP contribution in [0.4, 0.5) is 0 Å². The van der Waals surface area contributed by atoms with Gasteiger partial charge in [-0.25, -0.2) is 0 Å². The van der Waals surface area contributed by atoms with Crippen LogP contribution in [0, 0.1) is 5.92 Å². The zero-order chi connectivity index (χ0) is 23.5. The van der Waals surface area contributed by atoms with Gasteiger partial charge in [0.15, 0.2) is 11.5 Å². The molecule has 1 amide bonds. The zero-order valence-electron chi connectivity index (χ0n) is 20.2. The second kappa shape index (κ2) is 10.4. The Hall–Kier alpha value is -2.57. The molecular formula is C28H34N2O3S. The maximum atomic E-state index is 13.1. The number of amides is 1. The van der Waals surface area contributed by atoms with Crippen molar-refractivity contribution in [1.29, 1.82) is 0 Å². The van der Waals surface area contributed by atoms with Gasteiger partial charge in [0.05, 0.1) is 20.6 Å². The maximum Gasteiger partial charge on any atom is 0.227 e. The van der Waals surface area contributed by atoms with Crippen molar-refractivity contribution in [2.45, 2.75) is 32.1 Å². The van der Waals surface area contributed by atoms with E-state index < -0.39 is 0 Å². The van der Waals surface area contributed by atoms with Crippen LogP contribution in [-0.4, -0.2) is 62.7 Å². The number of methoxy groups -OCH3 is 2. The maximum absolute atomic E-state index is 13.1. The third-order valence-corrected chi connectivity index (χ3v) is 8.46. The van der Waals surface area contributed by atoms with Crippen molar-refractivity contribution < 1.29 is 14.3 Å². The van der Waals surface area contributed by atoms with Crippen molar-refractivity contribution in [3.63, 3.8) is 0 Å². The van der Waals surface area contributed by atoms with Crippen LogP contribution in [0.1, 0.15) is 28.8 Å². The molecule has 1 atom stereocenters. The van der Waals surface area contributed by atoms with E-state index in [0.717, 1.165) is 50.3 Å². The number of hydrogen-bond acceptors (Lipinski definition) is 5. The van der Waals surface area contributed by atoms with E-state index in [2.05, 4.69) is 40.1 Å². The molecule has 1 unspecified atom stereocenters. The minimum absolute atomic E-state index is 0.230. The third-order valence-electron chi connectivity index (χ3n) is 7.28. The Morgan fingerprint density at radius 1 is 1.03 bits per heavy atom. The van der Waals surface area contributed by atoms with E-state index in [4.69, 9.17) is 9.47 Å². The normalized spacial score (nSPS) is 19.2. The Morgan fingerprint density at radius 2 is 1.82 bits per heavy atom. The summed E-state index contributed by atoms with van der Waals surface area (Å²) < 4.78 is 12.3. The Bertz CT molecular complexity index is 1120. The summed E-state index contributed by atoms with van der Waals surface area (Å²) in [5.74, 6) is 2.21. The predicted octanol–water partition coefficient (Wildman–Crippen LogP) is 4.80.